The Labute approximate surface area is 118 Å². The molecule has 2 N–H and O–H groups in total. The van der Waals surface area contributed by atoms with Crippen LogP contribution in [-0.2, 0) is 0 Å². The average Bonchev–Trinajstić information content (AvgIpc) is 2.26. The van der Waals surface area contributed by atoms with Gasteiger partial charge in [-0.05, 0) is 45.5 Å². The maximum atomic E-state index is 9.72. The second kappa shape index (κ2) is 6.55. The SMILES string of the molecule is CCNC(C)c1cc(Br)ccc1OCC(C)(C)O. The number of halogens is 1. The van der Waals surface area contributed by atoms with Gasteiger partial charge in [0.05, 0.1) is 5.60 Å². The van der Waals surface area contributed by atoms with Gasteiger partial charge < -0.3 is 15.2 Å². The van der Waals surface area contributed by atoms with E-state index in [1.807, 2.05) is 18.2 Å². The van der Waals surface area contributed by atoms with E-state index in [0.717, 1.165) is 22.3 Å². The normalized spacial score (nSPS) is 13.4. The van der Waals surface area contributed by atoms with Gasteiger partial charge in [-0.25, -0.2) is 0 Å². The first-order valence-electron chi connectivity index (χ1n) is 6.21. The molecule has 102 valence electrons. The molecule has 0 saturated heterocycles. The van der Waals surface area contributed by atoms with Crippen molar-refractivity contribution in [2.45, 2.75) is 39.3 Å². The molecule has 4 heteroatoms. The summed E-state index contributed by atoms with van der Waals surface area (Å²) in [6, 6.07) is 6.14. The summed E-state index contributed by atoms with van der Waals surface area (Å²) in [4.78, 5) is 0. The Morgan fingerprint density at radius 3 is 2.67 bits per heavy atom. The molecule has 0 aliphatic heterocycles. The first kappa shape index (κ1) is 15.5. The monoisotopic (exact) mass is 315 g/mol. The lowest BCUT2D eigenvalue weighted by Crippen LogP contribution is -2.28. The van der Waals surface area contributed by atoms with Crippen LogP contribution in [0.4, 0.5) is 0 Å². The number of nitrogens with one attached hydrogen (secondary N) is 1. The number of hydrogen-bond acceptors (Lipinski definition) is 3. The molecule has 1 atom stereocenters. The van der Waals surface area contributed by atoms with Gasteiger partial charge >= 0.3 is 0 Å². The first-order chi connectivity index (χ1) is 8.33. The quantitative estimate of drug-likeness (QED) is 0.846. The number of ether oxygens (including phenoxy) is 1. The molecule has 1 unspecified atom stereocenters. The Balaban J connectivity index is 2.89. The van der Waals surface area contributed by atoms with Crippen LogP contribution in [-0.4, -0.2) is 23.9 Å². The van der Waals surface area contributed by atoms with E-state index in [-0.39, 0.29) is 12.6 Å². The lowest BCUT2D eigenvalue weighted by atomic mass is 10.1. The predicted molar refractivity (Wildman–Crippen MR) is 78.0 cm³/mol. The van der Waals surface area contributed by atoms with Crippen LogP contribution in [0, 0.1) is 0 Å². The van der Waals surface area contributed by atoms with E-state index in [1.54, 1.807) is 13.8 Å². The van der Waals surface area contributed by atoms with E-state index in [9.17, 15) is 5.11 Å². The number of aliphatic hydroxyl groups is 1. The van der Waals surface area contributed by atoms with Crippen LogP contribution in [0.1, 0.15) is 39.3 Å². The van der Waals surface area contributed by atoms with E-state index in [2.05, 4.69) is 35.1 Å². The molecule has 0 aliphatic carbocycles. The molecule has 1 aromatic rings. The summed E-state index contributed by atoms with van der Waals surface area (Å²) in [5.41, 5.74) is 0.265. The van der Waals surface area contributed by atoms with Crippen molar-refractivity contribution in [1.29, 1.82) is 0 Å². The van der Waals surface area contributed by atoms with Gasteiger partial charge in [0.2, 0.25) is 0 Å². The summed E-state index contributed by atoms with van der Waals surface area (Å²) >= 11 is 3.47. The molecule has 0 spiro atoms. The van der Waals surface area contributed by atoms with Gasteiger partial charge in [0.1, 0.15) is 12.4 Å². The van der Waals surface area contributed by atoms with Crippen LogP contribution in [0.2, 0.25) is 0 Å². The lowest BCUT2D eigenvalue weighted by Gasteiger charge is -2.22. The van der Waals surface area contributed by atoms with Crippen molar-refractivity contribution >= 4 is 15.9 Å². The zero-order valence-corrected chi connectivity index (χ0v) is 13.0. The number of hydrogen-bond donors (Lipinski definition) is 2. The minimum absolute atomic E-state index is 0.212. The summed E-state index contributed by atoms with van der Waals surface area (Å²) < 4.78 is 6.74. The molecular formula is C14H22BrNO2. The van der Waals surface area contributed by atoms with Crippen molar-refractivity contribution in [1.82, 2.24) is 5.32 Å². The molecule has 0 amide bonds. The molecule has 18 heavy (non-hydrogen) atoms. The van der Waals surface area contributed by atoms with Crippen LogP contribution in [0.3, 0.4) is 0 Å². The number of benzene rings is 1. The molecular weight excluding hydrogens is 294 g/mol. The van der Waals surface area contributed by atoms with E-state index < -0.39 is 5.60 Å². The molecule has 0 saturated carbocycles. The van der Waals surface area contributed by atoms with Crippen LogP contribution < -0.4 is 10.1 Å². The third kappa shape index (κ3) is 4.96. The van der Waals surface area contributed by atoms with Crippen molar-refractivity contribution in [2.24, 2.45) is 0 Å². The van der Waals surface area contributed by atoms with Gasteiger partial charge in [-0.15, -0.1) is 0 Å². The van der Waals surface area contributed by atoms with Crippen molar-refractivity contribution in [3.63, 3.8) is 0 Å². The third-order valence-corrected chi connectivity index (χ3v) is 3.02. The van der Waals surface area contributed by atoms with Crippen molar-refractivity contribution in [3.8, 4) is 5.75 Å². The fourth-order valence-electron chi connectivity index (χ4n) is 1.66. The molecule has 0 aromatic heterocycles. The van der Waals surface area contributed by atoms with Crippen molar-refractivity contribution in [2.75, 3.05) is 13.2 Å². The topological polar surface area (TPSA) is 41.5 Å². The van der Waals surface area contributed by atoms with Crippen LogP contribution in [0.5, 0.6) is 5.75 Å². The first-order valence-corrected chi connectivity index (χ1v) is 7.01. The summed E-state index contributed by atoms with van der Waals surface area (Å²) in [6.07, 6.45) is 0. The molecule has 0 radical (unpaired) electrons. The summed E-state index contributed by atoms with van der Waals surface area (Å²) in [5.74, 6) is 0.814. The molecule has 0 heterocycles. The second-order valence-corrected chi connectivity index (χ2v) is 5.98. The van der Waals surface area contributed by atoms with Crippen molar-refractivity contribution in [3.05, 3.63) is 28.2 Å². The maximum Gasteiger partial charge on any atom is 0.124 e. The number of rotatable bonds is 6. The Morgan fingerprint density at radius 2 is 2.11 bits per heavy atom. The second-order valence-electron chi connectivity index (χ2n) is 5.06. The standard InChI is InChI=1S/C14H22BrNO2/c1-5-16-10(2)12-8-11(15)6-7-13(12)18-9-14(3,4)17/h6-8,10,16-17H,5,9H2,1-4H3. The Kier molecular flexibility index (Phi) is 5.63. The summed E-state index contributed by atoms with van der Waals surface area (Å²) in [5, 5.41) is 13.1. The Bertz CT molecular complexity index is 388. The van der Waals surface area contributed by atoms with E-state index in [0.29, 0.717) is 0 Å². The van der Waals surface area contributed by atoms with Gasteiger partial charge in [-0.3, -0.25) is 0 Å². The highest BCUT2D eigenvalue weighted by Crippen LogP contribution is 2.29. The van der Waals surface area contributed by atoms with Gasteiger partial charge in [-0.1, -0.05) is 22.9 Å². The van der Waals surface area contributed by atoms with Gasteiger partial charge in [0.15, 0.2) is 0 Å². The molecule has 0 aliphatic rings. The van der Waals surface area contributed by atoms with Crippen molar-refractivity contribution < 1.29 is 9.84 Å². The Morgan fingerprint density at radius 1 is 1.44 bits per heavy atom. The highest BCUT2D eigenvalue weighted by atomic mass is 79.9. The summed E-state index contributed by atoms with van der Waals surface area (Å²) in [7, 11) is 0. The molecule has 0 fully saturated rings. The molecule has 1 rings (SSSR count). The largest absolute Gasteiger partial charge is 0.490 e. The van der Waals surface area contributed by atoms with Crippen LogP contribution in [0.15, 0.2) is 22.7 Å². The fourth-order valence-corrected chi connectivity index (χ4v) is 2.04. The lowest BCUT2D eigenvalue weighted by molar-refractivity contribution is 0.0280. The van der Waals surface area contributed by atoms with Gasteiger partial charge in [0.25, 0.3) is 0 Å². The van der Waals surface area contributed by atoms with E-state index in [1.165, 1.54) is 0 Å². The van der Waals surface area contributed by atoms with Crippen LogP contribution in [0.25, 0.3) is 0 Å². The summed E-state index contributed by atoms with van der Waals surface area (Å²) in [6.45, 7) is 8.83. The third-order valence-electron chi connectivity index (χ3n) is 2.53. The zero-order chi connectivity index (χ0) is 13.8. The highest BCUT2D eigenvalue weighted by Gasteiger charge is 2.16. The predicted octanol–water partition coefficient (Wildman–Crippen LogP) is 3.27. The smallest absolute Gasteiger partial charge is 0.124 e. The van der Waals surface area contributed by atoms with E-state index in [4.69, 9.17) is 4.74 Å². The van der Waals surface area contributed by atoms with E-state index >= 15 is 0 Å². The minimum Gasteiger partial charge on any atom is -0.490 e. The molecule has 3 nitrogen and oxygen atoms in total. The maximum absolute atomic E-state index is 9.72. The fraction of sp³-hybridized carbons (Fsp3) is 0.571. The molecule has 0 bridgehead atoms. The minimum atomic E-state index is -0.828. The molecule has 1 aromatic carbocycles. The van der Waals surface area contributed by atoms with Gasteiger partial charge in [0, 0.05) is 16.1 Å². The highest BCUT2D eigenvalue weighted by molar-refractivity contribution is 9.10. The van der Waals surface area contributed by atoms with Crippen LogP contribution >= 0.6 is 15.9 Å². The average molecular weight is 316 g/mol. The zero-order valence-electron chi connectivity index (χ0n) is 11.5. The van der Waals surface area contributed by atoms with Gasteiger partial charge in [-0.2, -0.15) is 0 Å². The Hall–Kier alpha value is -0.580.